The van der Waals surface area contributed by atoms with E-state index in [9.17, 15) is 48.9 Å². The normalized spacial score (nSPS) is 23.3. The van der Waals surface area contributed by atoms with E-state index in [1.807, 2.05) is 0 Å². The van der Waals surface area contributed by atoms with E-state index in [1.54, 1.807) is 24.3 Å². The van der Waals surface area contributed by atoms with E-state index in [-0.39, 0.29) is 72.7 Å². The molecule has 7 amide bonds. The molecule has 48 heavy (non-hydrogen) atoms. The Hall–Kier alpha value is -4.32. The van der Waals surface area contributed by atoms with E-state index in [0.29, 0.717) is 16.9 Å². The molecule has 3 aliphatic heterocycles. The molecule has 5 rings (SSSR count). The number of aromatic hydroxyl groups is 2. The molecule has 2 aromatic rings. The number of carbonyl (C=O) groups is 7. The molecule has 248 valence electrons. The maximum atomic E-state index is 13.9. The Morgan fingerprint density at radius 3 is 2.35 bits per heavy atom. The number of imide groups is 1. The zero-order valence-corrected chi connectivity index (χ0v) is 29.0. The number of rotatable bonds is 10. The van der Waals surface area contributed by atoms with Crippen molar-refractivity contribution in [3.05, 3.63) is 59.7 Å². The van der Waals surface area contributed by atoms with Gasteiger partial charge in [0.05, 0.1) is 10.7 Å². The molecule has 1 unspecified atom stereocenters. The van der Waals surface area contributed by atoms with E-state index in [1.165, 1.54) is 43.0 Å². The second kappa shape index (κ2) is 14.0. The molecular formula is C30H31N6NaO10S. The standard InChI is InChI=1S/C30H32N6O10S.Na/c1-29(2)30(27(44)45,36-23(41)21(31-15-37)26(36)47-29)33-22(40)20(17-6-4-3-5-7-17)32-28(46)35-13-12-34(24(42)25(35)43)11-10-16-8-9-18(38)19(39)14-16;/h3-9,14-15,20-21,26,38-39H,10-13H2,1-2H3,(H,31,37)(H,32,46)(H,33,40)(H,44,45);/q;+1/p-1/t20?,21-,26-,30+;/m1./s1. The summed E-state index contributed by atoms with van der Waals surface area (Å²) in [6, 6.07) is 8.23. The number of nitrogens with one attached hydrogen (secondary N) is 3. The first-order chi connectivity index (χ1) is 22.2. The van der Waals surface area contributed by atoms with Crippen LogP contribution < -0.4 is 50.6 Å². The maximum absolute atomic E-state index is 13.9. The van der Waals surface area contributed by atoms with Gasteiger partial charge in [-0.05, 0) is 43.5 Å². The van der Waals surface area contributed by atoms with Gasteiger partial charge in [-0.1, -0.05) is 36.4 Å². The molecule has 16 nitrogen and oxygen atoms in total. The van der Waals surface area contributed by atoms with Crippen molar-refractivity contribution in [1.82, 2.24) is 30.7 Å². The first-order valence-corrected chi connectivity index (χ1v) is 15.3. The van der Waals surface area contributed by atoms with Gasteiger partial charge in [-0.25, -0.2) is 4.79 Å². The van der Waals surface area contributed by atoms with Crippen molar-refractivity contribution in [3.8, 4) is 11.5 Å². The zero-order chi connectivity index (χ0) is 34.3. The first kappa shape index (κ1) is 36.5. The van der Waals surface area contributed by atoms with Crippen molar-refractivity contribution in [2.45, 2.75) is 48.1 Å². The summed E-state index contributed by atoms with van der Waals surface area (Å²) in [5.74, 6) is -6.36. The van der Waals surface area contributed by atoms with Crippen LogP contribution in [0.15, 0.2) is 48.5 Å². The summed E-state index contributed by atoms with van der Waals surface area (Å²) in [7, 11) is 0. The topological polar surface area (TPSA) is 229 Å². The van der Waals surface area contributed by atoms with Crippen LogP contribution >= 0.6 is 11.8 Å². The fraction of sp³-hybridized carbons (Fsp3) is 0.367. The molecule has 0 spiro atoms. The van der Waals surface area contributed by atoms with Crippen LogP contribution in [0.25, 0.3) is 0 Å². The van der Waals surface area contributed by atoms with Gasteiger partial charge in [-0.3, -0.25) is 33.8 Å². The Kier molecular flexibility index (Phi) is 10.7. The van der Waals surface area contributed by atoms with Gasteiger partial charge in [-0.2, -0.15) is 0 Å². The summed E-state index contributed by atoms with van der Waals surface area (Å²) in [6.45, 7) is 2.81. The van der Waals surface area contributed by atoms with Crippen molar-refractivity contribution in [1.29, 1.82) is 0 Å². The third-order valence-electron chi connectivity index (χ3n) is 8.47. The number of hydrogen-bond donors (Lipinski definition) is 5. The molecule has 3 fully saturated rings. The average Bonchev–Trinajstić information content (AvgIpc) is 3.25. The maximum Gasteiger partial charge on any atom is 1.00 e. The number of urea groups is 1. The average molecular weight is 691 g/mol. The summed E-state index contributed by atoms with van der Waals surface area (Å²) in [6.07, 6.45) is 0.565. The zero-order valence-electron chi connectivity index (χ0n) is 26.2. The minimum absolute atomic E-state index is 0. The van der Waals surface area contributed by atoms with Crippen LogP contribution in [0.4, 0.5) is 4.79 Å². The van der Waals surface area contributed by atoms with Crippen LogP contribution in [0.5, 0.6) is 11.5 Å². The fourth-order valence-corrected chi connectivity index (χ4v) is 7.62. The number of carbonyl (C=O) groups excluding carboxylic acids is 7. The third-order valence-corrected chi connectivity index (χ3v) is 10.1. The Morgan fingerprint density at radius 1 is 1.04 bits per heavy atom. The second-order valence-corrected chi connectivity index (χ2v) is 13.3. The number of thioether (sulfide) groups is 1. The number of aliphatic carboxylic acids is 1. The Bertz CT molecular complexity index is 1660. The number of amides is 7. The number of nitrogens with zero attached hydrogens (tertiary/aromatic N) is 3. The monoisotopic (exact) mass is 690 g/mol. The number of piperazine rings is 1. The summed E-state index contributed by atoms with van der Waals surface area (Å²) in [5, 5.41) is 38.3. The Balaban J connectivity index is 0.00000520. The molecule has 0 radical (unpaired) electrons. The van der Waals surface area contributed by atoms with E-state index < -0.39 is 63.5 Å². The quantitative estimate of drug-likeness (QED) is 0.0522. The molecule has 4 atom stereocenters. The molecule has 3 heterocycles. The van der Waals surface area contributed by atoms with Crippen LogP contribution in [0, 0.1) is 0 Å². The molecule has 0 aromatic heterocycles. The van der Waals surface area contributed by atoms with E-state index >= 15 is 0 Å². The Morgan fingerprint density at radius 2 is 1.73 bits per heavy atom. The van der Waals surface area contributed by atoms with Gasteiger partial charge in [0.15, 0.2) is 17.2 Å². The number of phenols is 2. The summed E-state index contributed by atoms with van der Waals surface area (Å²) in [5.41, 5.74) is -1.59. The number of benzene rings is 2. The summed E-state index contributed by atoms with van der Waals surface area (Å²) >= 11 is 1.04. The number of hydrogen-bond acceptors (Lipinski definition) is 11. The van der Waals surface area contributed by atoms with Gasteiger partial charge in [0.2, 0.25) is 12.3 Å². The van der Waals surface area contributed by atoms with Crippen LogP contribution in [0.1, 0.15) is 31.0 Å². The SMILES string of the molecule is CC1(C)S[C@@H]2[C@H](NC=O)C(=O)N2[C@@]1(NC(=O)C(NC(=O)N1CCN(CCc2ccc(O)c(O)c2)C(=O)C1=O)c1ccccc1)C(=O)[O-].[Na+]. The number of β-lactam (4-membered cyclic amide) rings is 1. The van der Waals surface area contributed by atoms with Gasteiger partial charge < -0.3 is 41.0 Å². The van der Waals surface area contributed by atoms with Crippen molar-refractivity contribution in [2.24, 2.45) is 0 Å². The molecule has 0 aliphatic carbocycles. The van der Waals surface area contributed by atoms with Gasteiger partial charge >= 0.3 is 47.4 Å². The van der Waals surface area contributed by atoms with Crippen molar-refractivity contribution < 1.29 is 78.4 Å². The van der Waals surface area contributed by atoms with Crippen molar-refractivity contribution >= 4 is 53.8 Å². The largest absolute Gasteiger partial charge is 1.00 e. The smallest absolute Gasteiger partial charge is 0.545 e. The molecule has 3 saturated heterocycles. The number of carboxylic acid groups (broad SMARTS) is 1. The van der Waals surface area contributed by atoms with Gasteiger partial charge in [0, 0.05) is 19.6 Å². The van der Waals surface area contributed by atoms with Gasteiger partial charge in [0.1, 0.15) is 17.5 Å². The second-order valence-electron chi connectivity index (χ2n) is 11.6. The molecule has 5 N–H and O–H groups in total. The van der Waals surface area contributed by atoms with Crippen molar-refractivity contribution in [2.75, 3.05) is 19.6 Å². The van der Waals surface area contributed by atoms with Gasteiger partial charge in [-0.15, -0.1) is 11.8 Å². The van der Waals surface area contributed by atoms with E-state index in [0.717, 1.165) is 16.7 Å². The van der Waals surface area contributed by atoms with Crippen molar-refractivity contribution in [3.63, 3.8) is 0 Å². The molecule has 0 bridgehead atoms. The first-order valence-electron chi connectivity index (χ1n) is 14.4. The molecule has 0 saturated carbocycles. The minimum atomic E-state index is -2.39. The fourth-order valence-electron chi connectivity index (χ4n) is 5.92. The number of carboxylic acids is 1. The Labute approximate surface area is 300 Å². The predicted octanol–water partition coefficient (Wildman–Crippen LogP) is -4.86. The minimum Gasteiger partial charge on any atom is -0.545 e. The number of phenolic OH excluding ortho intramolecular Hbond substituents is 2. The summed E-state index contributed by atoms with van der Waals surface area (Å²) < 4.78 is -1.37. The third kappa shape index (κ3) is 6.29. The van der Waals surface area contributed by atoms with Crippen LogP contribution in [-0.2, 0) is 35.2 Å². The number of fused-ring (bicyclic) bond motifs is 1. The molecule has 3 aliphatic rings. The van der Waals surface area contributed by atoms with Crippen LogP contribution in [0.2, 0.25) is 0 Å². The molecule has 2 aromatic carbocycles. The molecular weight excluding hydrogens is 659 g/mol. The van der Waals surface area contributed by atoms with Gasteiger partial charge in [0.25, 0.3) is 5.91 Å². The van der Waals surface area contributed by atoms with Crippen LogP contribution in [-0.4, -0.2) is 108 Å². The van der Waals surface area contributed by atoms with Crippen LogP contribution in [0.3, 0.4) is 0 Å². The van der Waals surface area contributed by atoms with E-state index in [4.69, 9.17) is 0 Å². The molecule has 18 heteroatoms. The summed E-state index contributed by atoms with van der Waals surface area (Å²) in [4.78, 5) is 92.8. The predicted molar refractivity (Wildman–Crippen MR) is 161 cm³/mol. The van der Waals surface area contributed by atoms with E-state index in [2.05, 4.69) is 16.0 Å².